The van der Waals surface area contributed by atoms with Crippen molar-refractivity contribution in [3.8, 4) is 45.0 Å². The number of pyridine rings is 2. The Balaban J connectivity index is 0.000000488. The fraction of sp³-hybridized carbons (Fsp3) is 0.120. The van der Waals surface area contributed by atoms with Crippen molar-refractivity contribution in [2.45, 2.75) is 40.8 Å². The topological polar surface area (TPSA) is 222 Å². The average Bonchev–Trinajstić information content (AvgIpc) is 3.90. The van der Waals surface area contributed by atoms with Gasteiger partial charge in [-0.2, -0.15) is 10.2 Å². The molecule has 0 atom stereocenters. The molecule has 0 spiro atoms. The third-order valence-electron chi connectivity index (χ3n) is 7.91. The van der Waals surface area contributed by atoms with Crippen LogP contribution in [0.25, 0.3) is 45.0 Å². The molecule has 4 heterocycles. The van der Waals surface area contributed by atoms with E-state index in [2.05, 4.69) is 94.9 Å². The number of carboxylic acids is 4. The monoisotopic (exact) mass is 984 g/mol. The Bertz CT molecular complexity index is 2380. The molecular weight excluding hydrogens is 940 g/mol. The number of carbonyl (C=O) groups excluding carboxylic acids is 4. The third-order valence-corrected chi connectivity index (χ3v) is 7.91. The van der Waals surface area contributed by atoms with E-state index in [4.69, 9.17) is 49.8 Å². The molecular formula is C50H46Cu2N6O8. The molecule has 8 rings (SSSR count). The molecule has 0 amide bonds. The molecule has 0 saturated carbocycles. The molecule has 8 aromatic rings. The Morgan fingerprint density at radius 2 is 0.636 bits per heavy atom. The van der Waals surface area contributed by atoms with Gasteiger partial charge in [0.2, 0.25) is 0 Å². The minimum absolute atomic E-state index is 0. The molecule has 14 nitrogen and oxygen atoms in total. The SMILES string of the molecule is CC(=O)[O-].CC(=O)[O-].CC(=O)[O-].CC(=O)[O-].[Cu+2].[Cu+2].c1ccc(-c2cc(-c3ccccc3)n(Cc3ccccn3)n2)cc1.c1ccc(-c2cc(-c3ccccc3)n(Cc3ccccn3)n2)cc1. The zero-order valence-corrected chi connectivity index (χ0v) is 38.2. The first kappa shape index (κ1) is 56.5. The van der Waals surface area contributed by atoms with Crippen LogP contribution in [0.5, 0.6) is 0 Å². The van der Waals surface area contributed by atoms with Crippen molar-refractivity contribution < 1.29 is 73.7 Å². The normalized spacial score (nSPS) is 9.27. The van der Waals surface area contributed by atoms with E-state index in [1.165, 1.54) is 0 Å². The molecule has 16 heteroatoms. The first-order chi connectivity index (χ1) is 30.7. The Morgan fingerprint density at radius 3 is 0.879 bits per heavy atom. The predicted molar refractivity (Wildman–Crippen MR) is 236 cm³/mol. The van der Waals surface area contributed by atoms with Crippen molar-refractivity contribution in [3.63, 3.8) is 0 Å². The molecule has 2 radical (unpaired) electrons. The smallest absolute Gasteiger partial charge is 0.550 e. The first-order valence-electron chi connectivity index (χ1n) is 19.6. The van der Waals surface area contributed by atoms with Crippen molar-refractivity contribution in [3.05, 3.63) is 194 Å². The quantitative estimate of drug-likeness (QED) is 0.194. The van der Waals surface area contributed by atoms with E-state index in [0.29, 0.717) is 13.1 Å². The Labute approximate surface area is 404 Å². The second kappa shape index (κ2) is 31.4. The van der Waals surface area contributed by atoms with Crippen LogP contribution in [0.3, 0.4) is 0 Å². The number of aliphatic carboxylic acids is 4. The fourth-order valence-electron chi connectivity index (χ4n) is 5.55. The molecule has 0 unspecified atom stereocenters. The predicted octanol–water partition coefficient (Wildman–Crippen LogP) is 4.34. The summed E-state index contributed by atoms with van der Waals surface area (Å²) < 4.78 is 4.06. The molecule has 0 N–H and O–H groups in total. The Hall–Kier alpha value is -7.48. The van der Waals surface area contributed by atoms with Gasteiger partial charge < -0.3 is 39.6 Å². The van der Waals surface area contributed by atoms with E-state index in [0.717, 1.165) is 84.1 Å². The largest absolute Gasteiger partial charge is 2.00 e. The zero-order valence-electron chi connectivity index (χ0n) is 36.3. The molecule has 4 aromatic carbocycles. The number of carbonyl (C=O) groups is 4. The molecule has 4 aromatic heterocycles. The molecule has 66 heavy (non-hydrogen) atoms. The Morgan fingerprint density at radius 1 is 0.394 bits per heavy atom. The van der Waals surface area contributed by atoms with E-state index in [9.17, 15) is 0 Å². The molecule has 0 aliphatic carbocycles. The van der Waals surface area contributed by atoms with E-state index in [1.54, 1.807) is 0 Å². The number of rotatable bonds is 8. The van der Waals surface area contributed by atoms with Gasteiger partial charge in [-0.05, 0) is 75.2 Å². The maximum atomic E-state index is 8.89. The van der Waals surface area contributed by atoms with Gasteiger partial charge in [0.1, 0.15) is 0 Å². The standard InChI is InChI=1S/2C21H17N3.4C2H4O2.2Cu/c2*1-3-9-17(10-4-1)20-15-21(18-11-5-2-6-12-18)24(23-20)16-19-13-7-8-14-22-19;4*1-2(3)4;;/h2*1-15H,16H2;4*1H3,(H,3,4);;/q;;;;;;2*+2/p-4. The summed E-state index contributed by atoms with van der Waals surface area (Å²) in [5.41, 5.74) is 10.7. The van der Waals surface area contributed by atoms with Crippen LogP contribution in [0.4, 0.5) is 0 Å². The zero-order chi connectivity index (χ0) is 46.7. The van der Waals surface area contributed by atoms with E-state index < -0.39 is 23.9 Å². The van der Waals surface area contributed by atoms with Gasteiger partial charge in [0, 0.05) is 47.4 Å². The van der Waals surface area contributed by atoms with Crippen molar-refractivity contribution in [1.82, 2.24) is 29.5 Å². The first-order valence-corrected chi connectivity index (χ1v) is 19.6. The van der Waals surface area contributed by atoms with Gasteiger partial charge >= 0.3 is 34.1 Å². The van der Waals surface area contributed by atoms with Crippen molar-refractivity contribution >= 4 is 23.9 Å². The van der Waals surface area contributed by atoms with Gasteiger partial charge in [0.25, 0.3) is 0 Å². The summed E-state index contributed by atoms with van der Waals surface area (Å²) in [7, 11) is 0. The molecule has 0 aliphatic heterocycles. The number of hydrogen-bond donors (Lipinski definition) is 0. The number of hydrogen-bond acceptors (Lipinski definition) is 12. The van der Waals surface area contributed by atoms with E-state index >= 15 is 0 Å². The van der Waals surface area contributed by atoms with Crippen LogP contribution >= 0.6 is 0 Å². The van der Waals surface area contributed by atoms with Crippen LogP contribution < -0.4 is 20.4 Å². The molecule has 0 aliphatic rings. The minimum atomic E-state index is -1.08. The molecule has 0 fully saturated rings. The minimum Gasteiger partial charge on any atom is -0.550 e. The second-order valence-electron chi connectivity index (χ2n) is 13.2. The van der Waals surface area contributed by atoms with Crippen LogP contribution in [0.1, 0.15) is 39.1 Å². The second-order valence-corrected chi connectivity index (χ2v) is 13.2. The summed E-state index contributed by atoms with van der Waals surface area (Å²) >= 11 is 0. The summed E-state index contributed by atoms with van der Waals surface area (Å²) in [6.45, 7) is 5.19. The van der Waals surface area contributed by atoms with Gasteiger partial charge in [0.05, 0.1) is 47.3 Å². The van der Waals surface area contributed by atoms with Gasteiger partial charge in [0.15, 0.2) is 0 Å². The average molecular weight is 986 g/mol. The molecule has 0 saturated heterocycles. The van der Waals surface area contributed by atoms with Gasteiger partial charge in [-0.1, -0.05) is 133 Å². The van der Waals surface area contributed by atoms with Crippen molar-refractivity contribution in [1.29, 1.82) is 0 Å². The van der Waals surface area contributed by atoms with Crippen LogP contribution in [0.15, 0.2) is 182 Å². The summed E-state index contributed by atoms with van der Waals surface area (Å²) in [4.78, 5) is 44.4. The van der Waals surface area contributed by atoms with Crippen molar-refractivity contribution in [2.75, 3.05) is 0 Å². The fourth-order valence-corrected chi connectivity index (χ4v) is 5.55. The van der Waals surface area contributed by atoms with E-state index in [1.807, 2.05) is 107 Å². The van der Waals surface area contributed by atoms with E-state index in [-0.39, 0.29) is 34.1 Å². The Kier molecular flexibility index (Phi) is 26.9. The number of aromatic nitrogens is 6. The summed E-state index contributed by atoms with van der Waals surface area (Å²) in [5.74, 6) is -4.33. The number of benzene rings is 4. The van der Waals surface area contributed by atoms with Crippen molar-refractivity contribution in [2.24, 2.45) is 0 Å². The summed E-state index contributed by atoms with van der Waals surface area (Å²) in [6.07, 6.45) is 3.64. The third kappa shape index (κ3) is 22.2. The number of carboxylic acid groups (broad SMARTS) is 4. The summed E-state index contributed by atoms with van der Waals surface area (Å²) in [5, 5.41) is 45.2. The van der Waals surface area contributed by atoms with Crippen LogP contribution in [0, 0.1) is 0 Å². The van der Waals surface area contributed by atoms with Gasteiger partial charge in [-0.15, -0.1) is 0 Å². The van der Waals surface area contributed by atoms with Gasteiger partial charge in [-0.25, -0.2) is 0 Å². The molecule has 0 bridgehead atoms. The molecule has 346 valence electrons. The van der Waals surface area contributed by atoms with Gasteiger partial charge in [-0.3, -0.25) is 19.3 Å². The maximum absolute atomic E-state index is 8.89. The maximum Gasteiger partial charge on any atom is 2.00 e. The summed E-state index contributed by atoms with van der Waals surface area (Å²) in [6, 6.07) is 57.5. The number of nitrogens with zero attached hydrogens (tertiary/aromatic N) is 6. The van der Waals surface area contributed by atoms with Crippen LogP contribution in [0.2, 0.25) is 0 Å². The van der Waals surface area contributed by atoms with Crippen LogP contribution in [-0.2, 0) is 66.4 Å². The van der Waals surface area contributed by atoms with Crippen LogP contribution in [-0.4, -0.2) is 53.4 Å².